The zero-order valence-electron chi connectivity index (χ0n) is 16.3. The molecule has 0 aliphatic rings. The number of rotatable bonds is 5. The molecule has 0 atom stereocenters. The Balaban J connectivity index is 1.68. The number of pyridine rings is 1. The number of hydrogen-bond donors (Lipinski definition) is 1. The van der Waals surface area contributed by atoms with E-state index in [0.717, 1.165) is 6.07 Å². The van der Waals surface area contributed by atoms with E-state index in [1.54, 1.807) is 16.8 Å². The van der Waals surface area contributed by atoms with Gasteiger partial charge in [-0.25, -0.2) is 23.7 Å². The van der Waals surface area contributed by atoms with Gasteiger partial charge in [0.2, 0.25) is 5.88 Å². The van der Waals surface area contributed by atoms with Crippen LogP contribution in [0.15, 0.2) is 49.1 Å². The number of ether oxygens (including phenoxy) is 1. The Morgan fingerprint density at radius 1 is 1.13 bits per heavy atom. The summed E-state index contributed by atoms with van der Waals surface area (Å²) in [5.74, 6) is -1.17. The van der Waals surface area contributed by atoms with Crippen molar-refractivity contribution in [1.29, 1.82) is 0 Å². The van der Waals surface area contributed by atoms with Gasteiger partial charge in [0.25, 0.3) is 0 Å². The Labute approximate surface area is 174 Å². The number of aromatic nitrogens is 6. The van der Waals surface area contributed by atoms with Gasteiger partial charge in [-0.15, -0.1) is 0 Å². The van der Waals surface area contributed by atoms with Crippen LogP contribution in [0.5, 0.6) is 5.88 Å². The molecular formula is C21H16F2N6O2. The van der Waals surface area contributed by atoms with Crippen LogP contribution in [-0.2, 0) is 13.2 Å². The summed E-state index contributed by atoms with van der Waals surface area (Å²) in [6.07, 6.45) is 4.85. The molecule has 4 heterocycles. The van der Waals surface area contributed by atoms with Crippen LogP contribution in [0.2, 0.25) is 0 Å². The summed E-state index contributed by atoms with van der Waals surface area (Å²) in [7, 11) is 1.52. The van der Waals surface area contributed by atoms with E-state index in [2.05, 4.69) is 19.9 Å². The summed E-state index contributed by atoms with van der Waals surface area (Å²) in [5.41, 5.74) is 3.10. The summed E-state index contributed by atoms with van der Waals surface area (Å²) in [6.45, 7) is -0.392. The van der Waals surface area contributed by atoms with Crippen LogP contribution in [-0.4, -0.2) is 41.3 Å². The van der Waals surface area contributed by atoms with Gasteiger partial charge in [-0.05, 0) is 18.2 Å². The van der Waals surface area contributed by atoms with E-state index in [-0.39, 0.29) is 18.7 Å². The van der Waals surface area contributed by atoms with Gasteiger partial charge in [0.1, 0.15) is 24.3 Å². The number of aliphatic hydroxyl groups is 1. The lowest BCUT2D eigenvalue weighted by Crippen LogP contribution is -2.08. The van der Waals surface area contributed by atoms with Crippen LogP contribution in [0, 0.1) is 11.6 Å². The molecule has 4 aromatic heterocycles. The number of imidazole rings is 1. The maximum Gasteiger partial charge on any atom is 0.241 e. The van der Waals surface area contributed by atoms with Crippen molar-refractivity contribution in [3.8, 4) is 11.6 Å². The van der Waals surface area contributed by atoms with Gasteiger partial charge in [0, 0.05) is 11.8 Å². The van der Waals surface area contributed by atoms with E-state index < -0.39 is 11.6 Å². The molecule has 1 N–H and O–H groups in total. The van der Waals surface area contributed by atoms with E-state index in [9.17, 15) is 13.9 Å². The summed E-state index contributed by atoms with van der Waals surface area (Å²) in [4.78, 5) is 17.1. The first-order chi connectivity index (χ1) is 15.1. The minimum Gasteiger partial charge on any atom is -0.479 e. The molecule has 0 amide bonds. The fraction of sp³-hybridized carbons (Fsp3) is 0.143. The SMILES string of the molecule is COc1ncnc2ccn(-c3cnc4nc(CO)n(Cc5cccc(F)c5F)c4c3)c12. The largest absolute Gasteiger partial charge is 0.479 e. The standard InChI is InChI=1S/C21H16F2N6O2/c1-31-21-19-15(25-11-26-21)5-6-28(19)13-7-16-20(24-8-13)27-17(10-30)29(16)9-12-3-2-4-14(22)18(12)23/h2-8,11,30H,9-10H2,1H3. The van der Waals surface area contributed by atoms with Gasteiger partial charge < -0.3 is 19.0 Å². The lowest BCUT2D eigenvalue weighted by atomic mass is 10.2. The third-order valence-corrected chi connectivity index (χ3v) is 5.08. The third kappa shape index (κ3) is 3.08. The number of fused-ring (bicyclic) bond motifs is 2. The zero-order valence-corrected chi connectivity index (χ0v) is 16.3. The summed E-state index contributed by atoms with van der Waals surface area (Å²) < 4.78 is 36.8. The van der Waals surface area contributed by atoms with Gasteiger partial charge in [-0.1, -0.05) is 12.1 Å². The van der Waals surface area contributed by atoms with Gasteiger partial charge in [0.15, 0.2) is 17.3 Å². The molecule has 0 unspecified atom stereocenters. The zero-order chi connectivity index (χ0) is 21.5. The van der Waals surface area contributed by atoms with Gasteiger partial charge >= 0.3 is 0 Å². The monoisotopic (exact) mass is 422 g/mol. The second-order valence-electron chi connectivity index (χ2n) is 6.82. The first kappa shape index (κ1) is 19.1. The molecule has 10 heteroatoms. The highest BCUT2D eigenvalue weighted by atomic mass is 19.2. The Bertz CT molecular complexity index is 1430. The molecule has 5 aromatic rings. The Kier molecular flexibility index (Phi) is 4.55. The fourth-order valence-corrected chi connectivity index (χ4v) is 3.62. The quantitative estimate of drug-likeness (QED) is 0.468. The molecule has 0 aliphatic carbocycles. The van der Waals surface area contributed by atoms with Crippen molar-refractivity contribution in [1.82, 2.24) is 29.1 Å². The second kappa shape index (κ2) is 7.40. The highest BCUT2D eigenvalue weighted by Crippen LogP contribution is 2.27. The van der Waals surface area contributed by atoms with Crippen LogP contribution in [0.25, 0.3) is 27.9 Å². The molecule has 8 nitrogen and oxygen atoms in total. The fourth-order valence-electron chi connectivity index (χ4n) is 3.62. The van der Waals surface area contributed by atoms with E-state index in [4.69, 9.17) is 4.74 Å². The van der Waals surface area contributed by atoms with E-state index >= 15 is 0 Å². The number of benzene rings is 1. The summed E-state index contributed by atoms with van der Waals surface area (Å²) in [6, 6.07) is 7.61. The van der Waals surface area contributed by atoms with E-state index in [1.165, 1.54) is 25.6 Å². The lowest BCUT2D eigenvalue weighted by molar-refractivity contribution is 0.266. The Morgan fingerprint density at radius 2 is 2.00 bits per heavy atom. The Hall–Kier alpha value is -3.92. The van der Waals surface area contributed by atoms with Crippen LogP contribution in [0.4, 0.5) is 8.78 Å². The van der Waals surface area contributed by atoms with Crippen molar-refractivity contribution in [2.45, 2.75) is 13.2 Å². The number of aliphatic hydroxyl groups excluding tert-OH is 1. The molecule has 0 bridgehead atoms. The minimum atomic E-state index is -0.935. The second-order valence-corrected chi connectivity index (χ2v) is 6.82. The maximum absolute atomic E-state index is 14.3. The normalized spacial score (nSPS) is 11.5. The number of nitrogens with zero attached hydrogens (tertiary/aromatic N) is 6. The molecule has 0 aliphatic heterocycles. The van der Waals surface area contributed by atoms with Crippen molar-refractivity contribution < 1.29 is 18.6 Å². The number of methoxy groups -OCH3 is 1. The molecule has 156 valence electrons. The Morgan fingerprint density at radius 3 is 2.81 bits per heavy atom. The molecule has 5 rings (SSSR count). The van der Waals surface area contributed by atoms with Crippen molar-refractivity contribution in [3.63, 3.8) is 0 Å². The highest BCUT2D eigenvalue weighted by Gasteiger charge is 2.17. The third-order valence-electron chi connectivity index (χ3n) is 5.08. The molecule has 0 radical (unpaired) electrons. The molecule has 1 aromatic carbocycles. The first-order valence-electron chi connectivity index (χ1n) is 9.36. The topological polar surface area (TPSA) is 90.9 Å². The van der Waals surface area contributed by atoms with Gasteiger partial charge in [-0.2, -0.15) is 4.98 Å². The molecular weight excluding hydrogens is 406 g/mol. The van der Waals surface area contributed by atoms with Crippen LogP contribution >= 0.6 is 0 Å². The van der Waals surface area contributed by atoms with Gasteiger partial charge in [0.05, 0.1) is 36.6 Å². The molecule has 31 heavy (non-hydrogen) atoms. The number of hydrogen-bond acceptors (Lipinski definition) is 6. The van der Waals surface area contributed by atoms with Crippen molar-refractivity contribution in [3.05, 3.63) is 72.1 Å². The van der Waals surface area contributed by atoms with Crippen molar-refractivity contribution >= 4 is 22.2 Å². The highest BCUT2D eigenvalue weighted by molar-refractivity contribution is 5.83. The average Bonchev–Trinajstić information content (AvgIpc) is 3.38. The molecule has 0 fully saturated rings. The smallest absolute Gasteiger partial charge is 0.241 e. The predicted octanol–water partition coefficient (Wildman–Crippen LogP) is 2.99. The molecule has 0 spiro atoms. The van der Waals surface area contributed by atoms with Crippen LogP contribution in [0.3, 0.4) is 0 Å². The van der Waals surface area contributed by atoms with Crippen LogP contribution < -0.4 is 4.74 Å². The van der Waals surface area contributed by atoms with Crippen molar-refractivity contribution in [2.24, 2.45) is 0 Å². The van der Waals surface area contributed by atoms with Crippen molar-refractivity contribution in [2.75, 3.05) is 7.11 Å². The van der Waals surface area contributed by atoms with Gasteiger partial charge in [-0.3, -0.25) is 0 Å². The lowest BCUT2D eigenvalue weighted by Gasteiger charge is -2.11. The molecule has 0 saturated carbocycles. The predicted molar refractivity (Wildman–Crippen MR) is 108 cm³/mol. The summed E-state index contributed by atoms with van der Waals surface area (Å²) >= 11 is 0. The maximum atomic E-state index is 14.3. The summed E-state index contributed by atoms with van der Waals surface area (Å²) in [5, 5.41) is 9.77. The van der Waals surface area contributed by atoms with E-state index in [0.29, 0.717) is 39.6 Å². The first-order valence-corrected chi connectivity index (χ1v) is 9.36. The minimum absolute atomic E-state index is 0.0139. The average molecular weight is 422 g/mol. The van der Waals surface area contributed by atoms with E-state index in [1.807, 2.05) is 16.8 Å². The van der Waals surface area contributed by atoms with Crippen LogP contribution in [0.1, 0.15) is 11.4 Å². The number of halogens is 2. The molecule has 0 saturated heterocycles.